The number of halogens is 3. The number of aryl methyl sites for hydroxylation is 1. The van der Waals surface area contributed by atoms with Crippen LogP contribution in [0, 0.1) is 12.7 Å². The van der Waals surface area contributed by atoms with Gasteiger partial charge in [-0.05, 0) is 36.2 Å². The topological polar surface area (TPSA) is 38.0 Å². The molecule has 1 aromatic carbocycles. The normalized spacial score (nSPS) is 12.7. The van der Waals surface area contributed by atoms with Crippen molar-refractivity contribution >= 4 is 34.5 Å². The Hall–Kier alpha value is -0.650. The third-order valence-electron chi connectivity index (χ3n) is 2.56. The van der Waals surface area contributed by atoms with Crippen LogP contribution in [0.2, 0.25) is 8.67 Å². The van der Waals surface area contributed by atoms with Crippen LogP contribution in [0.4, 0.5) is 4.39 Å². The third-order valence-corrected chi connectivity index (χ3v) is 4.08. The number of thiophene rings is 1. The van der Waals surface area contributed by atoms with E-state index in [9.17, 15) is 4.39 Å². The lowest BCUT2D eigenvalue weighted by Crippen LogP contribution is -2.28. The lowest BCUT2D eigenvalue weighted by molar-refractivity contribution is 0.604. The second-order valence-electron chi connectivity index (χ2n) is 3.94. The highest BCUT2D eigenvalue weighted by Crippen LogP contribution is 2.37. The fourth-order valence-corrected chi connectivity index (χ4v) is 3.38. The molecule has 6 heteroatoms. The lowest BCUT2D eigenvalue weighted by atomic mass is 10.00. The van der Waals surface area contributed by atoms with Crippen molar-refractivity contribution < 1.29 is 4.39 Å². The summed E-state index contributed by atoms with van der Waals surface area (Å²) in [6.07, 6.45) is 0. The van der Waals surface area contributed by atoms with Crippen LogP contribution in [0.25, 0.3) is 0 Å². The van der Waals surface area contributed by atoms with Crippen LogP contribution in [-0.2, 0) is 0 Å². The van der Waals surface area contributed by atoms with Crippen molar-refractivity contribution in [2.24, 2.45) is 5.84 Å². The molecule has 0 aliphatic carbocycles. The average molecular weight is 305 g/mol. The monoisotopic (exact) mass is 304 g/mol. The second kappa shape index (κ2) is 5.55. The number of rotatable bonds is 3. The van der Waals surface area contributed by atoms with Gasteiger partial charge in [0.2, 0.25) is 0 Å². The molecule has 0 saturated carbocycles. The number of nitrogens with one attached hydrogen (secondary N) is 1. The van der Waals surface area contributed by atoms with E-state index in [1.54, 1.807) is 6.07 Å². The number of benzene rings is 1. The Labute approximate surface area is 118 Å². The fraction of sp³-hybridized carbons (Fsp3) is 0.167. The van der Waals surface area contributed by atoms with Gasteiger partial charge in [-0.3, -0.25) is 5.84 Å². The molecule has 0 saturated heterocycles. The molecular weight excluding hydrogens is 294 g/mol. The van der Waals surface area contributed by atoms with Gasteiger partial charge in [0.15, 0.2) is 0 Å². The molecule has 0 bridgehead atoms. The summed E-state index contributed by atoms with van der Waals surface area (Å²) in [6.45, 7) is 1.82. The van der Waals surface area contributed by atoms with Gasteiger partial charge in [0.25, 0.3) is 0 Å². The summed E-state index contributed by atoms with van der Waals surface area (Å²) in [5.74, 6) is 5.24. The molecule has 1 heterocycles. The van der Waals surface area contributed by atoms with Gasteiger partial charge in [0, 0.05) is 5.56 Å². The number of hydrogen-bond acceptors (Lipinski definition) is 3. The standard InChI is InChI=1S/C12H11Cl2FN2S/c1-6-2-7(4-8(15)3-6)11(17-16)9-5-10(13)18-12(9)14/h2-5,11,17H,16H2,1H3. The molecule has 0 aliphatic heterocycles. The summed E-state index contributed by atoms with van der Waals surface area (Å²) in [4.78, 5) is 0. The molecule has 0 radical (unpaired) electrons. The first-order valence-electron chi connectivity index (χ1n) is 5.19. The van der Waals surface area contributed by atoms with Crippen LogP contribution in [0.1, 0.15) is 22.7 Å². The molecule has 0 spiro atoms. The van der Waals surface area contributed by atoms with Gasteiger partial charge in [-0.2, -0.15) is 0 Å². The summed E-state index contributed by atoms with van der Waals surface area (Å²) in [5.41, 5.74) is 4.93. The number of hydrogen-bond donors (Lipinski definition) is 2. The van der Waals surface area contributed by atoms with Crippen molar-refractivity contribution in [3.63, 3.8) is 0 Å². The minimum absolute atomic E-state index is 0.303. The second-order valence-corrected chi connectivity index (χ2v) is 6.23. The van der Waals surface area contributed by atoms with Crippen LogP contribution in [0.3, 0.4) is 0 Å². The van der Waals surface area contributed by atoms with Crippen LogP contribution in [0.15, 0.2) is 24.3 Å². The molecule has 96 valence electrons. The molecule has 1 unspecified atom stereocenters. The van der Waals surface area contributed by atoms with Gasteiger partial charge in [-0.25, -0.2) is 9.82 Å². The van der Waals surface area contributed by atoms with E-state index < -0.39 is 0 Å². The van der Waals surface area contributed by atoms with E-state index >= 15 is 0 Å². The Kier molecular flexibility index (Phi) is 4.25. The van der Waals surface area contributed by atoms with E-state index in [1.165, 1.54) is 23.5 Å². The largest absolute Gasteiger partial charge is 0.271 e. The van der Waals surface area contributed by atoms with Crippen molar-refractivity contribution in [1.82, 2.24) is 5.43 Å². The smallest absolute Gasteiger partial charge is 0.123 e. The molecular formula is C12H11Cl2FN2S. The summed E-state index contributed by atoms with van der Waals surface area (Å²) in [5, 5.41) is 0. The van der Waals surface area contributed by atoms with Gasteiger partial charge >= 0.3 is 0 Å². The average Bonchev–Trinajstić information content (AvgIpc) is 2.58. The van der Waals surface area contributed by atoms with E-state index in [0.29, 0.717) is 14.2 Å². The maximum absolute atomic E-state index is 13.4. The van der Waals surface area contributed by atoms with Gasteiger partial charge < -0.3 is 0 Å². The lowest BCUT2D eigenvalue weighted by Gasteiger charge is -2.16. The highest BCUT2D eigenvalue weighted by atomic mass is 35.5. The maximum atomic E-state index is 13.4. The fourth-order valence-electron chi connectivity index (χ4n) is 1.85. The SMILES string of the molecule is Cc1cc(F)cc(C(NN)c2cc(Cl)sc2Cl)c1. The van der Waals surface area contributed by atoms with Crippen LogP contribution < -0.4 is 11.3 Å². The molecule has 2 nitrogen and oxygen atoms in total. The predicted octanol–water partition coefficient (Wildman–Crippen LogP) is 4.06. The van der Waals surface area contributed by atoms with E-state index in [4.69, 9.17) is 29.0 Å². The van der Waals surface area contributed by atoms with Gasteiger partial charge in [-0.15, -0.1) is 11.3 Å². The Bertz CT molecular complexity index is 551. The Morgan fingerprint density at radius 3 is 2.50 bits per heavy atom. The molecule has 2 rings (SSSR count). The number of nitrogens with two attached hydrogens (primary N) is 1. The zero-order chi connectivity index (χ0) is 13.3. The van der Waals surface area contributed by atoms with Crippen LogP contribution in [0.5, 0.6) is 0 Å². The minimum Gasteiger partial charge on any atom is -0.271 e. The molecule has 1 aromatic heterocycles. The van der Waals surface area contributed by atoms with Crippen molar-refractivity contribution in [1.29, 1.82) is 0 Å². The number of hydrazine groups is 1. The molecule has 2 aromatic rings. The molecule has 18 heavy (non-hydrogen) atoms. The van der Waals surface area contributed by atoms with Crippen LogP contribution >= 0.6 is 34.5 Å². The third kappa shape index (κ3) is 2.84. The molecule has 3 N–H and O–H groups in total. The van der Waals surface area contributed by atoms with Crippen LogP contribution in [-0.4, -0.2) is 0 Å². The highest BCUT2D eigenvalue weighted by molar-refractivity contribution is 7.20. The molecule has 0 aliphatic rings. The zero-order valence-corrected chi connectivity index (χ0v) is 11.8. The minimum atomic E-state index is -0.379. The summed E-state index contributed by atoms with van der Waals surface area (Å²) >= 11 is 13.3. The maximum Gasteiger partial charge on any atom is 0.123 e. The molecule has 0 amide bonds. The van der Waals surface area contributed by atoms with E-state index in [-0.39, 0.29) is 11.9 Å². The summed E-state index contributed by atoms with van der Waals surface area (Å²) in [7, 11) is 0. The van der Waals surface area contributed by atoms with E-state index in [0.717, 1.165) is 11.1 Å². The van der Waals surface area contributed by atoms with E-state index in [2.05, 4.69) is 5.43 Å². The Balaban J connectivity index is 2.48. The van der Waals surface area contributed by atoms with Gasteiger partial charge in [0.05, 0.1) is 14.7 Å². The highest BCUT2D eigenvalue weighted by Gasteiger charge is 2.19. The first-order chi connectivity index (χ1) is 8.51. The van der Waals surface area contributed by atoms with Crippen molar-refractivity contribution in [3.8, 4) is 0 Å². The predicted molar refractivity (Wildman–Crippen MR) is 74.6 cm³/mol. The zero-order valence-electron chi connectivity index (χ0n) is 9.51. The summed E-state index contributed by atoms with van der Waals surface area (Å²) in [6, 6.07) is 6.10. The quantitative estimate of drug-likeness (QED) is 0.663. The summed E-state index contributed by atoms with van der Waals surface area (Å²) < 4.78 is 14.5. The Morgan fingerprint density at radius 2 is 2.00 bits per heavy atom. The van der Waals surface area contributed by atoms with Gasteiger partial charge in [0.1, 0.15) is 5.82 Å². The first-order valence-corrected chi connectivity index (χ1v) is 6.76. The van der Waals surface area contributed by atoms with Gasteiger partial charge in [-0.1, -0.05) is 29.3 Å². The van der Waals surface area contributed by atoms with E-state index in [1.807, 2.05) is 13.0 Å². The molecule has 0 fully saturated rings. The first kappa shape index (κ1) is 13.8. The van der Waals surface area contributed by atoms with Crippen molar-refractivity contribution in [2.75, 3.05) is 0 Å². The van der Waals surface area contributed by atoms with Crippen molar-refractivity contribution in [2.45, 2.75) is 13.0 Å². The Morgan fingerprint density at radius 1 is 1.28 bits per heavy atom. The van der Waals surface area contributed by atoms with Crippen molar-refractivity contribution in [3.05, 3.63) is 55.4 Å². The molecule has 1 atom stereocenters.